The third-order valence-corrected chi connectivity index (χ3v) is 6.59. The van der Waals surface area contributed by atoms with Gasteiger partial charge in [0.25, 0.3) is 0 Å². The number of rotatable bonds is 6. The maximum Gasteiger partial charge on any atom is 0.245 e. The third-order valence-electron chi connectivity index (χ3n) is 6.30. The second-order valence-electron chi connectivity index (χ2n) is 8.28. The van der Waals surface area contributed by atoms with Gasteiger partial charge in [0.1, 0.15) is 24.1 Å². The van der Waals surface area contributed by atoms with Gasteiger partial charge in [0.2, 0.25) is 5.91 Å². The summed E-state index contributed by atoms with van der Waals surface area (Å²) in [5.41, 5.74) is 1.27. The van der Waals surface area contributed by atoms with Gasteiger partial charge >= 0.3 is 0 Å². The van der Waals surface area contributed by atoms with E-state index < -0.39 is 5.82 Å². The van der Waals surface area contributed by atoms with Crippen LogP contribution in [0.2, 0.25) is 5.02 Å². The molecule has 3 aromatic rings. The number of anilines is 2. The summed E-state index contributed by atoms with van der Waals surface area (Å²) in [7, 11) is 1.58. The molecule has 3 aliphatic rings. The molecule has 3 atom stereocenters. The summed E-state index contributed by atoms with van der Waals surface area (Å²) in [5.74, 6) is 1.68. The van der Waals surface area contributed by atoms with Crippen LogP contribution in [0.15, 0.2) is 49.3 Å². The first kappa shape index (κ1) is 21.5. The van der Waals surface area contributed by atoms with Gasteiger partial charge in [-0.15, -0.1) is 0 Å². The predicted octanol–water partition coefficient (Wildman–Crippen LogP) is 4.59. The van der Waals surface area contributed by atoms with Crippen molar-refractivity contribution in [2.75, 3.05) is 25.5 Å². The van der Waals surface area contributed by atoms with Crippen molar-refractivity contribution in [3.8, 4) is 11.5 Å². The summed E-state index contributed by atoms with van der Waals surface area (Å²) in [6.07, 6.45) is 3.83. The number of nitrogens with one attached hydrogen (secondary N) is 1. The van der Waals surface area contributed by atoms with Crippen LogP contribution in [-0.2, 0) is 4.79 Å². The Morgan fingerprint density at radius 2 is 2.03 bits per heavy atom. The Bertz CT molecular complexity index is 1240. The van der Waals surface area contributed by atoms with E-state index in [-0.39, 0.29) is 28.9 Å². The van der Waals surface area contributed by atoms with E-state index in [0.29, 0.717) is 41.6 Å². The number of piperidine rings is 2. The van der Waals surface area contributed by atoms with Crippen LogP contribution in [0.25, 0.3) is 10.9 Å². The molecule has 1 N–H and O–H groups in total. The molecular weight excluding hydrogens is 447 g/mol. The van der Waals surface area contributed by atoms with E-state index in [0.717, 1.165) is 11.8 Å². The van der Waals surface area contributed by atoms with Gasteiger partial charge in [-0.05, 0) is 36.8 Å². The molecule has 2 saturated heterocycles. The highest BCUT2D eigenvalue weighted by Crippen LogP contribution is 2.45. The number of carbonyl (C=O) groups excluding carboxylic acids is 1. The number of halogens is 2. The maximum absolute atomic E-state index is 13.5. The number of hydrogen-bond acceptors (Lipinski definition) is 6. The first-order valence-electron chi connectivity index (χ1n) is 10.6. The van der Waals surface area contributed by atoms with E-state index in [9.17, 15) is 9.18 Å². The molecule has 9 heteroatoms. The Morgan fingerprint density at radius 3 is 2.73 bits per heavy atom. The predicted molar refractivity (Wildman–Crippen MR) is 124 cm³/mol. The zero-order valence-electron chi connectivity index (χ0n) is 17.9. The van der Waals surface area contributed by atoms with Crippen molar-refractivity contribution in [1.29, 1.82) is 0 Å². The lowest BCUT2D eigenvalue weighted by Gasteiger charge is -2.52. The lowest BCUT2D eigenvalue weighted by molar-refractivity contribution is -0.142. The molecule has 2 aliphatic heterocycles. The number of fused-ring (bicyclic) bond motifs is 3. The summed E-state index contributed by atoms with van der Waals surface area (Å²) in [6, 6.07) is 8.03. The fourth-order valence-corrected chi connectivity index (χ4v) is 4.80. The molecule has 2 bridgehead atoms. The number of hydrogen-bond donors (Lipinski definition) is 1. The summed E-state index contributed by atoms with van der Waals surface area (Å²) >= 11 is 5.91. The topological polar surface area (TPSA) is 76.6 Å². The van der Waals surface area contributed by atoms with Crippen LogP contribution >= 0.6 is 11.6 Å². The minimum atomic E-state index is -0.491. The molecule has 1 amide bonds. The van der Waals surface area contributed by atoms with Crippen molar-refractivity contribution in [2.45, 2.75) is 12.5 Å². The lowest BCUT2D eigenvalue weighted by atomic mass is 9.68. The van der Waals surface area contributed by atoms with E-state index >= 15 is 0 Å². The normalized spacial score (nSPS) is 21.3. The highest BCUT2D eigenvalue weighted by molar-refractivity contribution is 6.31. The van der Waals surface area contributed by atoms with E-state index in [2.05, 4.69) is 21.9 Å². The fourth-order valence-electron chi connectivity index (χ4n) is 4.62. The Labute approximate surface area is 195 Å². The number of ether oxygens (including phenoxy) is 2. The van der Waals surface area contributed by atoms with Gasteiger partial charge in [-0.3, -0.25) is 4.79 Å². The molecule has 33 heavy (non-hydrogen) atoms. The van der Waals surface area contributed by atoms with Gasteiger partial charge < -0.3 is 19.7 Å². The zero-order valence-corrected chi connectivity index (χ0v) is 18.7. The van der Waals surface area contributed by atoms with Crippen LogP contribution < -0.4 is 14.8 Å². The van der Waals surface area contributed by atoms with Gasteiger partial charge in [0, 0.05) is 42.1 Å². The number of aromatic nitrogens is 2. The van der Waals surface area contributed by atoms with Crippen LogP contribution in [0.4, 0.5) is 15.9 Å². The molecule has 2 aromatic carbocycles. The van der Waals surface area contributed by atoms with E-state index in [1.54, 1.807) is 19.2 Å². The highest BCUT2D eigenvalue weighted by Gasteiger charge is 2.49. The SMILES string of the molecule is C=CC(=O)N1C[C@H]2C[C@@H](C1)C2Oc1cc2c(Nc3ccc(F)c(Cl)c3)ncnc2cc1OC. The van der Waals surface area contributed by atoms with Gasteiger partial charge in [0.05, 0.1) is 17.6 Å². The molecule has 1 aliphatic carbocycles. The lowest BCUT2D eigenvalue weighted by Crippen LogP contribution is -2.61. The molecule has 3 fully saturated rings. The number of benzene rings is 2. The summed E-state index contributed by atoms with van der Waals surface area (Å²) in [5, 5.41) is 3.92. The van der Waals surface area contributed by atoms with E-state index in [1.165, 1.54) is 24.5 Å². The summed E-state index contributed by atoms with van der Waals surface area (Å²) in [4.78, 5) is 22.5. The highest BCUT2D eigenvalue weighted by atomic mass is 35.5. The van der Waals surface area contributed by atoms with Gasteiger partial charge in [-0.2, -0.15) is 0 Å². The van der Waals surface area contributed by atoms with Gasteiger partial charge in [-0.1, -0.05) is 18.2 Å². The minimum Gasteiger partial charge on any atom is -0.493 e. The van der Waals surface area contributed by atoms with Crippen molar-refractivity contribution in [3.63, 3.8) is 0 Å². The average molecular weight is 469 g/mol. The van der Waals surface area contributed by atoms with Crippen molar-refractivity contribution < 1.29 is 18.7 Å². The van der Waals surface area contributed by atoms with Crippen LogP contribution in [0.5, 0.6) is 11.5 Å². The first-order valence-corrected chi connectivity index (χ1v) is 11.0. The molecular formula is C24H22ClFN4O3. The second-order valence-corrected chi connectivity index (χ2v) is 8.69. The molecule has 6 rings (SSSR count). The molecule has 7 nitrogen and oxygen atoms in total. The first-order chi connectivity index (χ1) is 16.0. The average Bonchev–Trinajstić information content (AvgIpc) is 2.84. The van der Waals surface area contributed by atoms with Crippen molar-refractivity contribution in [2.24, 2.45) is 11.8 Å². The van der Waals surface area contributed by atoms with Crippen LogP contribution in [0.3, 0.4) is 0 Å². The molecule has 170 valence electrons. The minimum absolute atomic E-state index is 0.00200. The third kappa shape index (κ3) is 3.95. The van der Waals surface area contributed by atoms with Crippen molar-refractivity contribution in [1.82, 2.24) is 14.9 Å². The van der Waals surface area contributed by atoms with Gasteiger partial charge in [0.15, 0.2) is 11.5 Å². The zero-order chi connectivity index (χ0) is 23.1. The number of carbonyl (C=O) groups is 1. The smallest absolute Gasteiger partial charge is 0.245 e. The standard InChI is InChI=1S/C24H22ClFN4O3/c1-3-22(31)30-10-13-6-14(11-30)23(13)33-21-8-16-19(9-20(21)32-2)27-12-28-24(16)29-15-4-5-18(26)17(25)7-15/h3-5,7-9,12-14,23H,1,6,10-11H2,2H3,(H,27,28,29)/t13-,14+,23?. The van der Waals surface area contributed by atoms with E-state index in [4.69, 9.17) is 21.1 Å². The molecule has 1 unspecified atom stereocenters. The van der Waals surface area contributed by atoms with Crippen molar-refractivity contribution >= 4 is 39.9 Å². The Balaban J connectivity index is 1.43. The van der Waals surface area contributed by atoms with Crippen LogP contribution in [-0.4, -0.2) is 47.1 Å². The maximum atomic E-state index is 13.5. The number of nitrogens with zero attached hydrogens (tertiary/aromatic N) is 3. The summed E-state index contributed by atoms with van der Waals surface area (Å²) < 4.78 is 25.5. The summed E-state index contributed by atoms with van der Waals surface area (Å²) in [6.45, 7) is 4.89. The second kappa shape index (κ2) is 8.51. The fraction of sp³-hybridized carbons (Fsp3) is 0.292. The number of amides is 1. The van der Waals surface area contributed by atoms with Crippen molar-refractivity contribution in [3.05, 3.63) is 60.2 Å². The molecule has 0 radical (unpaired) electrons. The van der Waals surface area contributed by atoms with Gasteiger partial charge in [-0.25, -0.2) is 14.4 Å². The monoisotopic (exact) mass is 468 g/mol. The van der Waals surface area contributed by atoms with Crippen LogP contribution in [0.1, 0.15) is 6.42 Å². The molecule has 3 heterocycles. The van der Waals surface area contributed by atoms with E-state index in [1.807, 2.05) is 11.0 Å². The Morgan fingerprint density at radius 1 is 1.24 bits per heavy atom. The Hall–Kier alpha value is -3.39. The van der Waals surface area contributed by atoms with Crippen LogP contribution in [0, 0.1) is 17.7 Å². The number of methoxy groups -OCH3 is 1. The molecule has 0 spiro atoms. The quantitative estimate of drug-likeness (QED) is 0.533. The molecule has 1 aromatic heterocycles. The largest absolute Gasteiger partial charge is 0.493 e. The Kier molecular flexibility index (Phi) is 5.54. The molecule has 1 saturated carbocycles.